The molecule has 1 N–H and O–H groups in total. The first-order chi connectivity index (χ1) is 14.8. The zero-order chi connectivity index (χ0) is 21.8. The molecule has 0 aromatic carbocycles. The molecule has 0 aliphatic heterocycles. The van der Waals surface area contributed by atoms with E-state index in [-0.39, 0.29) is 11.9 Å². The van der Waals surface area contributed by atoms with Crippen LogP contribution in [-0.4, -0.2) is 16.2 Å². The lowest BCUT2D eigenvalue weighted by Crippen LogP contribution is -2.50. The van der Waals surface area contributed by atoms with Gasteiger partial charge < -0.3 is 5.11 Å². The molecule has 8 atom stereocenters. The van der Waals surface area contributed by atoms with E-state index in [1.54, 1.807) is 17.8 Å². The molecule has 170 valence electrons. The zero-order valence-electron chi connectivity index (χ0n) is 19.6. The Morgan fingerprint density at radius 3 is 2.81 bits per heavy atom. The van der Waals surface area contributed by atoms with E-state index in [2.05, 4.69) is 31.8 Å². The molecular formula is C28H40FNO. The first-order valence-electron chi connectivity index (χ1n) is 12.8. The highest BCUT2D eigenvalue weighted by Gasteiger charge is 2.59. The van der Waals surface area contributed by atoms with Crippen LogP contribution >= 0.6 is 0 Å². The average Bonchev–Trinajstić information content (AvgIpc) is 3.11. The highest BCUT2D eigenvalue weighted by Crippen LogP contribution is 2.67. The van der Waals surface area contributed by atoms with Crippen LogP contribution in [0.5, 0.6) is 0 Å². The molecule has 0 amide bonds. The summed E-state index contributed by atoms with van der Waals surface area (Å²) in [5.74, 6) is 3.65. The molecule has 4 aliphatic carbocycles. The Labute approximate surface area is 187 Å². The minimum atomic E-state index is -0.152. The third-order valence-corrected chi connectivity index (χ3v) is 10.5. The molecule has 2 nitrogen and oxygen atoms in total. The van der Waals surface area contributed by atoms with Crippen LogP contribution in [0.2, 0.25) is 0 Å². The molecule has 0 saturated heterocycles. The zero-order valence-corrected chi connectivity index (χ0v) is 19.6. The van der Waals surface area contributed by atoms with Crippen molar-refractivity contribution in [3.8, 4) is 0 Å². The normalized spacial score (nSPS) is 42.9. The molecule has 1 aromatic rings. The van der Waals surface area contributed by atoms with Gasteiger partial charge in [0.25, 0.3) is 0 Å². The van der Waals surface area contributed by atoms with Gasteiger partial charge in [-0.3, -0.25) is 4.98 Å². The van der Waals surface area contributed by atoms with Crippen molar-refractivity contribution in [2.24, 2.45) is 40.4 Å². The molecule has 1 unspecified atom stereocenters. The van der Waals surface area contributed by atoms with Gasteiger partial charge in [-0.25, -0.2) is 4.39 Å². The van der Waals surface area contributed by atoms with E-state index in [9.17, 15) is 9.50 Å². The molecule has 31 heavy (non-hydrogen) atoms. The first kappa shape index (κ1) is 21.6. The Hall–Kier alpha value is -1.22. The summed E-state index contributed by atoms with van der Waals surface area (Å²) >= 11 is 0. The summed E-state index contributed by atoms with van der Waals surface area (Å²) in [6.45, 7) is 7.52. The maximum absolute atomic E-state index is 14.1. The number of hydrogen-bond donors (Lipinski definition) is 1. The molecule has 0 spiro atoms. The minimum Gasteiger partial charge on any atom is -0.393 e. The van der Waals surface area contributed by atoms with Crippen molar-refractivity contribution in [1.82, 2.24) is 4.98 Å². The van der Waals surface area contributed by atoms with Crippen LogP contribution in [0, 0.1) is 46.2 Å². The van der Waals surface area contributed by atoms with E-state index < -0.39 is 0 Å². The van der Waals surface area contributed by atoms with E-state index >= 15 is 0 Å². The van der Waals surface area contributed by atoms with Crippen molar-refractivity contribution in [3.05, 3.63) is 41.5 Å². The van der Waals surface area contributed by atoms with Gasteiger partial charge >= 0.3 is 0 Å². The number of allylic oxidation sites excluding steroid dienone is 1. The molecule has 0 bridgehead atoms. The fourth-order valence-corrected chi connectivity index (χ4v) is 8.78. The summed E-state index contributed by atoms with van der Waals surface area (Å²) in [6.07, 6.45) is 15.6. The number of aromatic nitrogens is 1. The molecule has 1 heterocycles. The number of fused-ring (bicyclic) bond motifs is 5. The second kappa shape index (κ2) is 7.97. The van der Waals surface area contributed by atoms with Crippen molar-refractivity contribution in [3.63, 3.8) is 0 Å². The van der Waals surface area contributed by atoms with Crippen LogP contribution in [0.1, 0.15) is 84.3 Å². The topological polar surface area (TPSA) is 33.1 Å². The van der Waals surface area contributed by atoms with E-state index in [0.29, 0.717) is 22.4 Å². The number of nitrogens with zero attached hydrogens (tertiary/aromatic N) is 1. The van der Waals surface area contributed by atoms with Crippen LogP contribution in [0.4, 0.5) is 4.39 Å². The van der Waals surface area contributed by atoms with E-state index in [4.69, 9.17) is 0 Å². The third kappa shape index (κ3) is 3.50. The van der Waals surface area contributed by atoms with Crippen LogP contribution < -0.4 is 0 Å². The third-order valence-electron chi connectivity index (χ3n) is 10.5. The van der Waals surface area contributed by atoms with Crippen molar-refractivity contribution in [2.75, 3.05) is 0 Å². The highest BCUT2D eigenvalue weighted by atomic mass is 19.1. The number of aliphatic hydroxyl groups excluding tert-OH is 1. The maximum atomic E-state index is 14.1. The Kier molecular flexibility index (Phi) is 5.56. The molecular weight excluding hydrogens is 385 g/mol. The van der Waals surface area contributed by atoms with Gasteiger partial charge in [0.15, 0.2) is 0 Å². The van der Waals surface area contributed by atoms with Crippen molar-refractivity contribution < 1.29 is 9.50 Å². The van der Waals surface area contributed by atoms with Gasteiger partial charge in [-0.1, -0.05) is 32.4 Å². The number of aliphatic hydroxyl groups is 1. The summed E-state index contributed by atoms with van der Waals surface area (Å²) in [6, 6.07) is 3.22. The summed E-state index contributed by atoms with van der Waals surface area (Å²) in [5, 5.41) is 10.2. The maximum Gasteiger partial charge on any atom is 0.144 e. The molecule has 3 saturated carbocycles. The lowest BCUT2D eigenvalue weighted by atomic mass is 9.47. The average molecular weight is 426 g/mol. The van der Waals surface area contributed by atoms with Crippen molar-refractivity contribution in [2.45, 2.75) is 91.1 Å². The van der Waals surface area contributed by atoms with Gasteiger partial charge in [-0.2, -0.15) is 0 Å². The van der Waals surface area contributed by atoms with E-state index in [1.165, 1.54) is 44.6 Å². The van der Waals surface area contributed by atoms with Crippen LogP contribution in [0.25, 0.3) is 0 Å². The van der Waals surface area contributed by atoms with Crippen LogP contribution in [0.3, 0.4) is 0 Å². The van der Waals surface area contributed by atoms with Gasteiger partial charge in [-0.15, -0.1) is 0 Å². The summed E-state index contributed by atoms with van der Waals surface area (Å²) in [7, 11) is 0. The number of rotatable bonds is 4. The second-order valence-corrected chi connectivity index (χ2v) is 11.8. The van der Waals surface area contributed by atoms with Gasteiger partial charge in [0.1, 0.15) is 5.82 Å². The number of hydrogen-bond acceptors (Lipinski definition) is 2. The second-order valence-electron chi connectivity index (χ2n) is 11.8. The largest absolute Gasteiger partial charge is 0.393 e. The number of halogens is 1. The van der Waals surface area contributed by atoms with Crippen LogP contribution in [0.15, 0.2) is 30.0 Å². The molecule has 3 heteroatoms. The Morgan fingerprint density at radius 2 is 2.00 bits per heavy atom. The van der Waals surface area contributed by atoms with Gasteiger partial charge in [0, 0.05) is 6.20 Å². The predicted molar refractivity (Wildman–Crippen MR) is 123 cm³/mol. The lowest BCUT2D eigenvalue weighted by molar-refractivity contribution is -0.0571. The Balaban J connectivity index is 1.31. The standard InChI is InChI=1S/C28H40FNO/c1-18(6-11-26-25(29)5-4-16-30-26)22-9-10-23-21-8-7-19-17-20(31)12-14-27(19,2)24(21)13-15-28(22,23)3/h4-5,7,16,18,20-24,31H,6,8-15,17H2,1-3H3/t18?,20-,21-,22+,23-,24-,27-,28+/m0/s1. The minimum absolute atomic E-state index is 0.120. The van der Waals surface area contributed by atoms with Gasteiger partial charge in [0.05, 0.1) is 11.8 Å². The van der Waals surface area contributed by atoms with E-state index in [1.807, 2.05) is 0 Å². The van der Waals surface area contributed by atoms with Crippen molar-refractivity contribution in [1.29, 1.82) is 0 Å². The fraction of sp³-hybridized carbons (Fsp3) is 0.750. The summed E-state index contributed by atoms with van der Waals surface area (Å²) < 4.78 is 14.1. The Morgan fingerprint density at radius 1 is 1.16 bits per heavy atom. The highest BCUT2D eigenvalue weighted by molar-refractivity contribution is 5.25. The van der Waals surface area contributed by atoms with Gasteiger partial charge in [0.2, 0.25) is 0 Å². The summed E-state index contributed by atoms with van der Waals surface area (Å²) in [5.41, 5.74) is 2.95. The first-order valence-corrected chi connectivity index (χ1v) is 12.8. The smallest absolute Gasteiger partial charge is 0.144 e. The molecule has 4 aliphatic rings. The monoisotopic (exact) mass is 425 g/mol. The summed E-state index contributed by atoms with van der Waals surface area (Å²) in [4.78, 5) is 4.28. The molecule has 1 aromatic heterocycles. The lowest BCUT2D eigenvalue weighted by Gasteiger charge is -2.58. The van der Waals surface area contributed by atoms with Crippen LogP contribution in [-0.2, 0) is 6.42 Å². The van der Waals surface area contributed by atoms with Crippen molar-refractivity contribution >= 4 is 0 Å². The molecule has 5 rings (SSSR count). The Bertz CT molecular complexity index is 851. The SMILES string of the molecule is CC(CCc1ncccc1F)[C@H]1CC[C@H]2[C@@H]3CC=C4C[C@@H](O)CC[C@]4(C)[C@H]3CC[C@]12C. The molecule has 3 fully saturated rings. The fourth-order valence-electron chi connectivity index (χ4n) is 8.78. The van der Waals surface area contributed by atoms with E-state index in [0.717, 1.165) is 49.4 Å². The number of pyridine rings is 1. The predicted octanol–water partition coefficient (Wildman–Crippen LogP) is 6.73. The quantitative estimate of drug-likeness (QED) is 0.543. The van der Waals surface area contributed by atoms with Gasteiger partial charge in [-0.05, 0) is 117 Å². The molecule has 0 radical (unpaired) electrons. The number of aryl methyl sites for hydroxylation is 1.